The normalized spacial score (nSPS) is 49.5. The predicted octanol–water partition coefficient (Wildman–Crippen LogP) is 5.06. The van der Waals surface area contributed by atoms with Gasteiger partial charge in [0.2, 0.25) is 0 Å². The van der Waals surface area contributed by atoms with Crippen molar-refractivity contribution >= 4 is 5.97 Å². The van der Waals surface area contributed by atoms with Crippen LogP contribution in [0.3, 0.4) is 0 Å². The number of carbonyl (C=O) groups is 1. The molecule has 0 amide bonds. The molecule has 0 radical (unpaired) electrons. The SMILES string of the molecule is CCC(C)(C)C(=O)OC1(C)CC2C3C4CCC(C4)C3C1C2(C)C. The molecule has 0 saturated heterocycles. The van der Waals surface area contributed by atoms with E-state index in [1.165, 1.54) is 19.3 Å². The van der Waals surface area contributed by atoms with Gasteiger partial charge in [-0.1, -0.05) is 20.8 Å². The van der Waals surface area contributed by atoms with Gasteiger partial charge in [0.25, 0.3) is 0 Å². The molecule has 4 rings (SSSR count). The molecular formula is C21H34O2. The zero-order valence-corrected chi connectivity index (χ0v) is 15.8. The highest BCUT2D eigenvalue weighted by molar-refractivity contribution is 5.76. The Kier molecular flexibility index (Phi) is 3.16. The van der Waals surface area contributed by atoms with Crippen molar-refractivity contribution < 1.29 is 9.53 Å². The lowest BCUT2D eigenvalue weighted by Gasteiger charge is -2.45. The number of esters is 1. The molecule has 0 N–H and O–H groups in total. The van der Waals surface area contributed by atoms with Crippen molar-refractivity contribution in [3.05, 3.63) is 0 Å². The molecule has 0 aliphatic heterocycles. The maximum atomic E-state index is 12.8. The van der Waals surface area contributed by atoms with Gasteiger partial charge in [-0.2, -0.15) is 0 Å². The Morgan fingerprint density at radius 1 is 1.13 bits per heavy atom. The summed E-state index contributed by atoms with van der Waals surface area (Å²) in [6.07, 6.45) is 6.29. The molecule has 23 heavy (non-hydrogen) atoms. The average Bonchev–Trinajstić information content (AvgIpc) is 3.15. The van der Waals surface area contributed by atoms with Crippen LogP contribution in [0.5, 0.6) is 0 Å². The van der Waals surface area contributed by atoms with Crippen LogP contribution in [-0.4, -0.2) is 11.6 Å². The van der Waals surface area contributed by atoms with E-state index in [4.69, 9.17) is 4.74 Å². The molecule has 7 atom stereocenters. The van der Waals surface area contributed by atoms with Crippen molar-refractivity contribution in [2.24, 2.45) is 46.3 Å². The molecule has 130 valence electrons. The zero-order valence-electron chi connectivity index (χ0n) is 15.8. The Bertz CT molecular complexity index is 534. The summed E-state index contributed by atoms with van der Waals surface area (Å²) in [6, 6.07) is 0. The summed E-state index contributed by atoms with van der Waals surface area (Å²) >= 11 is 0. The summed E-state index contributed by atoms with van der Waals surface area (Å²) in [6.45, 7) is 13.3. The fraction of sp³-hybridized carbons (Fsp3) is 0.952. The van der Waals surface area contributed by atoms with Gasteiger partial charge in [0.1, 0.15) is 5.60 Å². The third kappa shape index (κ3) is 1.90. The molecule has 4 saturated carbocycles. The quantitative estimate of drug-likeness (QED) is 0.537. The zero-order chi connectivity index (χ0) is 16.8. The first-order valence-corrected chi connectivity index (χ1v) is 9.85. The van der Waals surface area contributed by atoms with E-state index in [0.717, 1.165) is 42.4 Å². The highest BCUT2D eigenvalue weighted by Crippen LogP contribution is 2.76. The van der Waals surface area contributed by atoms with Crippen LogP contribution in [0.2, 0.25) is 0 Å². The minimum atomic E-state index is -0.358. The first-order valence-electron chi connectivity index (χ1n) is 9.85. The van der Waals surface area contributed by atoms with E-state index < -0.39 is 0 Å². The maximum Gasteiger partial charge on any atom is 0.312 e. The molecule has 2 nitrogen and oxygen atoms in total. The second-order valence-electron chi connectivity index (χ2n) is 10.5. The van der Waals surface area contributed by atoms with E-state index in [1.54, 1.807) is 0 Å². The van der Waals surface area contributed by atoms with Crippen molar-refractivity contribution in [2.45, 2.75) is 79.2 Å². The van der Waals surface area contributed by atoms with Crippen molar-refractivity contribution in [1.82, 2.24) is 0 Å². The lowest BCUT2D eigenvalue weighted by molar-refractivity contribution is -0.180. The number of hydrogen-bond acceptors (Lipinski definition) is 2. The molecule has 4 aliphatic carbocycles. The Morgan fingerprint density at radius 3 is 2.35 bits per heavy atom. The fourth-order valence-corrected chi connectivity index (χ4v) is 7.45. The molecule has 4 bridgehead atoms. The molecule has 0 aromatic rings. The Hall–Kier alpha value is -0.530. The third-order valence-corrected chi connectivity index (χ3v) is 8.70. The number of fused-ring (bicyclic) bond motifs is 9. The Labute approximate surface area is 141 Å². The van der Waals surface area contributed by atoms with Crippen LogP contribution in [0, 0.1) is 46.3 Å². The van der Waals surface area contributed by atoms with Crippen molar-refractivity contribution in [3.63, 3.8) is 0 Å². The minimum Gasteiger partial charge on any atom is -0.459 e. The van der Waals surface area contributed by atoms with Gasteiger partial charge in [0.05, 0.1) is 5.41 Å². The van der Waals surface area contributed by atoms with Crippen molar-refractivity contribution in [1.29, 1.82) is 0 Å². The van der Waals surface area contributed by atoms with Gasteiger partial charge in [0, 0.05) is 5.92 Å². The van der Waals surface area contributed by atoms with Gasteiger partial charge in [-0.15, -0.1) is 0 Å². The first-order chi connectivity index (χ1) is 10.6. The fourth-order valence-electron chi connectivity index (χ4n) is 7.45. The number of hydrogen-bond donors (Lipinski definition) is 0. The molecule has 0 aromatic carbocycles. The molecule has 0 aromatic heterocycles. The summed E-state index contributed by atoms with van der Waals surface area (Å²) in [5.41, 5.74) is -0.256. The molecule has 7 unspecified atom stereocenters. The van der Waals surface area contributed by atoms with Gasteiger partial charge >= 0.3 is 5.97 Å². The average molecular weight is 319 g/mol. The van der Waals surface area contributed by atoms with Gasteiger partial charge in [0.15, 0.2) is 0 Å². The molecule has 2 heteroatoms. The maximum absolute atomic E-state index is 12.8. The van der Waals surface area contributed by atoms with Crippen LogP contribution in [-0.2, 0) is 9.53 Å². The van der Waals surface area contributed by atoms with E-state index in [1.807, 2.05) is 13.8 Å². The van der Waals surface area contributed by atoms with E-state index in [2.05, 4.69) is 27.7 Å². The summed E-state index contributed by atoms with van der Waals surface area (Å²) < 4.78 is 6.30. The van der Waals surface area contributed by atoms with Gasteiger partial charge in [-0.25, -0.2) is 0 Å². The predicted molar refractivity (Wildman–Crippen MR) is 91.8 cm³/mol. The van der Waals surface area contributed by atoms with Crippen LogP contribution in [0.15, 0.2) is 0 Å². The molecule has 0 spiro atoms. The minimum absolute atomic E-state index is 0.0190. The number of rotatable bonds is 3. The molecule has 4 aliphatic rings. The van der Waals surface area contributed by atoms with Gasteiger partial charge in [-0.3, -0.25) is 4.79 Å². The molecule has 0 heterocycles. The third-order valence-electron chi connectivity index (χ3n) is 8.70. The highest BCUT2D eigenvalue weighted by atomic mass is 16.6. The molecule has 4 fully saturated rings. The summed E-state index contributed by atoms with van der Waals surface area (Å²) in [5.74, 6) is 4.99. The monoisotopic (exact) mass is 318 g/mol. The van der Waals surface area contributed by atoms with Crippen molar-refractivity contribution in [2.75, 3.05) is 0 Å². The van der Waals surface area contributed by atoms with Gasteiger partial charge < -0.3 is 4.74 Å². The van der Waals surface area contributed by atoms with E-state index >= 15 is 0 Å². The standard InChI is InChI=1S/C21H34O2/c1-7-19(2,3)18(22)23-21(6)11-14-15-12-8-9-13(10-12)16(15)17(21)20(14,4)5/h12-17H,7-11H2,1-6H3. The van der Waals surface area contributed by atoms with Crippen LogP contribution in [0.1, 0.15) is 73.6 Å². The second-order valence-corrected chi connectivity index (χ2v) is 10.5. The van der Waals surface area contributed by atoms with Crippen LogP contribution in [0.25, 0.3) is 0 Å². The summed E-state index contributed by atoms with van der Waals surface area (Å²) in [7, 11) is 0. The smallest absolute Gasteiger partial charge is 0.312 e. The van der Waals surface area contributed by atoms with Crippen LogP contribution in [0.4, 0.5) is 0 Å². The van der Waals surface area contributed by atoms with Crippen LogP contribution >= 0.6 is 0 Å². The topological polar surface area (TPSA) is 26.3 Å². The summed E-state index contributed by atoms with van der Waals surface area (Å²) in [4.78, 5) is 12.8. The van der Waals surface area contributed by atoms with Gasteiger partial charge in [-0.05, 0) is 87.9 Å². The largest absolute Gasteiger partial charge is 0.459 e. The number of ether oxygens (including phenoxy) is 1. The summed E-state index contributed by atoms with van der Waals surface area (Å²) in [5, 5.41) is 0. The lowest BCUT2D eigenvalue weighted by atomic mass is 9.66. The van der Waals surface area contributed by atoms with E-state index in [0.29, 0.717) is 11.3 Å². The molecular weight excluding hydrogens is 284 g/mol. The Balaban J connectivity index is 1.64. The van der Waals surface area contributed by atoms with Crippen LogP contribution < -0.4 is 0 Å². The van der Waals surface area contributed by atoms with Crippen molar-refractivity contribution in [3.8, 4) is 0 Å². The second kappa shape index (κ2) is 4.55. The van der Waals surface area contributed by atoms with E-state index in [-0.39, 0.29) is 17.0 Å². The highest BCUT2D eigenvalue weighted by Gasteiger charge is 2.73. The van der Waals surface area contributed by atoms with E-state index in [9.17, 15) is 4.79 Å². The first kappa shape index (κ1) is 16.0. The Morgan fingerprint density at radius 2 is 1.74 bits per heavy atom. The lowest BCUT2D eigenvalue weighted by Crippen LogP contribution is -2.48. The number of carbonyl (C=O) groups excluding carboxylic acids is 1.